The molecule has 0 amide bonds. The molecule has 0 aromatic carbocycles. The second kappa shape index (κ2) is 13.0. The zero-order chi connectivity index (χ0) is 29.1. The first-order valence-corrected chi connectivity index (χ1v) is 15.2. The number of aliphatic hydroxyl groups is 2. The summed E-state index contributed by atoms with van der Waals surface area (Å²) in [6.07, 6.45) is 14.3. The Balaban J connectivity index is 1.73. The highest BCUT2D eigenvalue weighted by atomic mass is 16.7. The van der Waals surface area contributed by atoms with Crippen molar-refractivity contribution in [3.8, 4) is 0 Å². The number of esters is 1. The fourth-order valence-corrected chi connectivity index (χ4v) is 7.03. The Morgan fingerprint density at radius 2 is 1.93 bits per heavy atom. The van der Waals surface area contributed by atoms with Gasteiger partial charge in [0, 0.05) is 32.8 Å². The molecular formula is C33H50O7. The molecule has 7 heteroatoms. The summed E-state index contributed by atoms with van der Waals surface area (Å²) in [5.41, 5.74) is 0.868. The van der Waals surface area contributed by atoms with E-state index in [-0.39, 0.29) is 37.3 Å². The third-order valence-electron chi connectivity index (χ3n) is 9.44. The van der Waals surface area contributed by atoms with Crippen molar-refractivity contribution in [2.45, 2.75) is 122 Å². The number of ether oxygens (including phenoxy) is 4. The molecule has 0 unspecified atom stereocenters. The van der Waals surface area contributed by atoms with Crippen molar-refractivity contribution in [1.29, 1.82) is 0 Å². The lowest BCUT2D eigenvalue weighted by Crippen LogP contribution is -2.55. The van der Waals surface area contributed by atoms with Crippen LogP contribution in [0, 0.1) is 17.8 Å². The van der Waals surface area contributed by atoms with Gasteiger partial charge in [0.15, 0.2) is 5.79 Å². The molecule has 0 aromatic rings. The molecule has 40 heavy (non-hydrogen) atoms. The summed E-state index contributed by atoms with van der Waals surface area (Å²) < 4.78 is 25.2. The molecule has 224 valence electrons. The molecule has 1 aliphatic carbocycles. The van der Waals surface area contributed by atoms with Gasteiger partial charge in [0.1, 0.15) is 17.6 Å². The van der Waals surface area contributed by atoms with E-state index < -0.39 is 29.4 Å². The van der Waals surface area contributed by atoms with Crippen LogP contribution in [0.5, 0.6) is 0 Å². The van der Waals surface area contributed by atoms with Crippen LogP contribution in [0.4, 0.5) is 0 Å². The highest BCUT2D eigenvalue weighted by Gasteiger charge is 2.51. The van der Waals surface area contributed by atoms with E-state index in [0.29, 0.717) is 24.3 Å². The summed E-state index contributed by atoms with van der Waals surface area (Å²) in [4.78, 5) is 13.9. The molecule has 7 nitrogen and oxygen atoms in total. The molecule has 0 saturated carbocycles. The summed E-state index contributed by atoms with van der Waals surface area (Å²) in [6.45, 7) is 10.2. The van der Waals surface area contributed by atoms with Gasteiger partial charge in [-0.15, -0.1) is 0 Å². The van der Waals surface area contributed by atoms with E-state index in [4.69, 9.17) is 18.9 Å². The molecule has 2 fully saturated rings. The largest absolute Gasteiger partial charge is 0.462 e. The van der Waals surface area contributed by atoms with Crippen molar-refractivity contribution in [3.05, 3.63) is 47.1 Å². The van der Waals surface area contributed by atoms with Crippen molar-refractivity contribution >= 4 is 5.97 Å². The minimum atomic E-state index is -1.64. The average Bonchev–Trinajstić information content (AvgIpc) is 2.91. The standard InChI is InChI=1S/C33H50O7/c1-7-29-23(4)13-14-32(40-29)18-27-17-26(39-32)12-11-22(3)15-21(2)9-8-10-25(20-34)33(36)19-30(37-6)24(5)16-28(33)31(35)38-27/h8-11,16,21,23,26-30,34,36H,7,12-15,17-20H2,1-6H3/b9-8+,22-11+,25-10+/t21-,23-,26-,27+,28-,29+,30-,32+,33+/m0/s1. The smallest absolute Gasteiger partial charge is 0.316 e. The number of hydrogen-bond donors (Lipinski definition) is 2. The molecule has 2 saturated heterocycles. The van der Waals surface area contributed by atoms with Crippen molar-refractivity contribution in [1.82, 2.24) is 0 Å². The minimum Gasteiger partial charge on any atom is -0.462 e. The third kappa shape index (κ3) is 6.81. The first-order chi connectivity index (χ1) is 19.0. The molecule has 3 heterocycles. The molecule has 4 rings (SSSR count). The van der Waals surface area contributed by atoms with Crippen LogP contribution in [0.2, 0.25) is 0 Å². The zero-order valence-corrected chi connectivity index (χ0v) is 25.2. The number of methoxy groups -OCH3 is 1. The first-order valence-electron chi connectivity index (χ1n) is 15.2. The maximum absolute atomic E-state index is 13.9. The number of fused-ring (bicyclic) bond motifs is 3. The Kier molecular flexibility index (Phi) is 10.2. The van der Waals surface area contributed by atoms with E-state index in [2.05, 4.69) is 39.8 Å². The van der Waals surface area contributed by atoms with Gasteiger partial charge in [0.25, 0.3) is 0 Å². The molecule has 1 spiro atoms. The maximum atomic E-state index is 13.9. The summed E-state index contributed by atoms with van der Waals surface area (Å²) in [5, 5.41) is 22.4. The highest BCUT2D eigenvalue weighted by Crippen LogP contribution is 2.45. The van der Waals surface area contributed by atoms with Crippen LogP contribution in [-0.2, 0) is 23.7 Å². The Hall–Kier alpha value is -1.77. The predicted octanol–water partition coefficient (Wildman–Crippen LogP) is 5.56. The summed E-state index contributed by atoms with van der Waals surface area (Å²) in [6, 6.07) is 0. The van der Waals surface area contributed by atoms with Crippen molar-refractivity contribution in [2.24, 2.45) is 17.8 Å². The number of hydrogen-bond acceptors (Lipinski definition) is 7. The van der Waals surface area contributed by atoms with Crippen LogP contribution in [0.3, 0.4) is 0 Å². The van der Waals surface area contributed by atoms with E-state index in [0.717, 1.165) is 37.7 Å². The lowest BCUT2D eigenvalue weighted by Gasteiger charge is -2.50. The molecule has 3 aliphatic heterocycles. The Labute approximate surface area is 240 Å². The fraction of sp³-hybridized carbons (Fsp3) is 0.727. The van der Waals surface area contributed by atoms with E-state index in [1.54, 1.807) is 19.3 Å². The number of carbonyl (C=O) groups excluding carboxylic acids is 1. The minimum absolute atomic E-state index is 0.101. The Bertz CT molecular complexity index is 1030. The molecule has 2 N–H and O–H groups in total. The van der Waals surface area contributed by atoms with Crippen LogP contribution in [0.25, 0.3) is 0 Å². The fourth-order valence-electron chi connectivity index (χ4n) is 7.03. The predicted molar refractivity (Wildman–Crippen MR) is 154 cm³/mol. The van der Waals surface area contributed by atoms with Crippen LogP contribution in [0.15, 0.2) is 47.1 Å². The van der Waals surface area contributed by atoms with E-state index in [1.165, 1.54) is 5.57 Å². The van der Waals surface area contributed by atoms with Gasteiger partial charge in [-0.1, -0.05) is 56.7 Å². The van der Waals surface area contributed by atoms with E-state index in [1.807, 2.05) is 13.0 Å². The Morgan fingerprint density at radius 3 is 2.62 bits per heavy atom. The number of allylic oxidation sites excluding steroid dienone is 4. The number of rotatable bonds is 3. The average molecular weight is 559 g/mol. The Morgan fingerprint density at radius 1 is 1.15 bits per heavy atom. The zero-order valence-electron chi connectivity index (χ0n) is 25.2. The van der Waals surface area contributed by atoms with Gasteiger partial charge in [-0.2, -0.15) is 0 Å². The van der Waals surface area contributed by atoms with Gasteiger partial charge >= 0.3 is 5.97 Å². The molecule has 0 aromatic heterocycles. The van der Waals surface area contributed by atoms with Gasteiger partial charge in [-0.05, 0) is 62.5 Å². The maximum Gasteiger partial charge on any atom is 0.316 e. The van der Waals surface area contributed by atoms with Crippen LogP contribution < -0.4 is 0 Å². The molecular weight excluding hydrogens is 508 g/mol. The van der Waals surface area contributed by atoms with Gasteiger partial charge in [-0.3, -0.25) is 4.79 Å². The van der Waals surface area contributed by atoms with Crippen LogP contribution in [-0.4, -0.2) is 65.7 Å². The van der Waals surface area contributed by atoms with Gasteiger partial charge in [0.2, 0.25) is 0 Å². The normalized spacial score (nSPS) is 44.9. The van der Waals surface area contributed by atoms with Crippen LogP contribution in [0.1, 0.15) is 86.0 Å². The highest BCUT2D eigenvalue weighted by molar-refractivity contribution is 5.78. The molecule has 9 atom stereocenters. The lowest BCUT2D eigenvalue weighted by molar-refractivity contribution is -0.335. The van der Waals surface area contributed by atoms with Crippen molar-refractivity contribution < 1.29 is 34.0 Å². The first kappa shape index (κ1) is 31.2. The molecule has 2 bridgehead atoms. The SMILES string of the molecule is CC[C@H]1O[C@]2(CC[C@@H]1C)C[C@H]1C[C@H](C/C=C(\C)C[C@@H](C)/C=C/C=C(\CO)[C@]3(O)C[C@H](OC)C(C)=C[C@H]3C(=O)O1)O2. The van der Waals surface area contributed by atoms with Gasteiger partial charge < -0.3 is 29.2 Å². The summed E-state index contributed by atoms with van der Waals surface area (Å²) >= 11 is 0. The monoisotopic (exact) mass is 558 g/mol. The second-order valence-corrected chi connectivity index (χ2v) is 12.7. The van der Waals surface area contributed by atoms with E-state index in [9.17, 15) is 15.0 Å². The third-order valence-corrected chi connectivity index (χ3v) is 9.44. The lowest BCUT2D eigenvalue weighted by atomic mass is 9.71. The molecule has 0 radical (unpaired) electrons. The van der Waals surface area contributed by atoms with Gasteiger partial charge in [-0.25, -0.2) is 0 Å². The summed E-state index contributed by atoms with van der Waals surface area (Å²) in [7, 11) is 1.59. The van der Waals surface area contributed by atoms with Crippen molar-refractivity contribution in [3.63, 3.8) is 0 Å². The van der Waals surface area contributed by atoms with Crippen molar-refractivity contribution in [2.75, 3.05) is 13.7 Å². The van der Waals surface area contributed by atoms with E-state index >= 15 is 0 Å². The number of aliphatic hydroxyl groups excluding tert-OH is 1. The molecule has 4 aliphatic rings. The topological polar surface area (TPSA) is 94.5 Å². The quantitative estimate of drug-likeness (QED) is 0.346. The van der Waals surface area contributed by atoms with Crippen LogP contribution >= 0.6 is 0 Å². The second-order valence-electron chi connectivity index (χ2n) is 12.7. The number of carbonyl (C=O) groups is 1. The van der Waals surface area contributed by atoms with Gasteiger partial charge in [0.05, 0.1) is 24.9 Å². The summed E-state index contributed by atoms with van der Waals surface area (Å²) in [5.74, 6) is -1.53.